The number of nitrogens with zero attached hydrogens (tertiary/aromatic N) is 1. The van der Waals surface area contributed by atoms with Crippen LogP contribution in [0.2, 0.25) is 0 Å². The normalized spacial score (nSPS) is 11.4. The summed E-state index contributed by atoms with van der Waals surface area (Å²) in [6.45, 7) is 8.17. The molecular formula is C21H23NO3. The van der Waals surface area contributed by atoms with Crippen LogP contribution in [-0.4, -0.2) is 23.1 Å². The number of hydrogen-bond donors (Lipinski definition) is 1. The minimum Gasteiger partial charge on any atom is -0.507 e. The number of phenolic OH excluding ortho intramolecular Hbond substituents is 1. The van der Waals surface area contributed by atoms with E-state index in [1.165, 1.54) is 0 Å². The molecule has 3 aromatic rings. The summed E-state index contributed by atoms with van der Waals surface area (Å²) < 4.78 is 6.17. The Hall–Kier alpha value is -2.59. The summed E-state index contributed by atoms with van der Waals surface area (Å²) >= 11 is 0. The number of phenols is 1. The standard InChI is InChI=1S/C21H23NO3/c1-4-22(5-2)13-17-18(23)12-11-16-19(24)14(3)20(25-21(16)17)15-9-7-6-8-10-15/h6-12,23H,4-5,13H2,1-3H3. The third-order valence-corrected chi connectivity index (χ3v) is 4.68. The van der Waals surface area contributed by atoms with Crippen LogP contribution in [0.25, 0.3) is 22.3 Å². The van der Waals surface area contributed by atoms with Gasteiger partial charge in [-0.25, -0.2) is 0 Å². The van der Waals surface area contributed by atoms with Gasteiger partial charge in [-0.15, -0.1) is 0 Å². The van der Waals surface area contributed by atoms with Gasteiger partial charge in [-0.3, -0.25) is 9.69 Å². The predicted molar refractivity (Wildman–Crippen MR) is 101 cm³/mol. The van der Waals surface area contributed by atoms with Crippen molar-refractivity contribution in [2.75, 3.05) is 13.1 Å². The third-order valence-electron chi connectivity index (χ3n) is 4.68. The van der Waals surface area contributed by atoms with E-state index in [1.807, 2.05) is 30.3 Å². The van der Waals surface area contributed by atoms with Crippen molar-refractivity contribution in [3.8, 4) is 17.1 Å². The summed E-state index contributed by atoms with van der Waals surface area (Å²) in [5.41, 5.74) is 2.52. The van der Waals surface area contributed by atoms with Crippen LogP contribution >= 0.6 is 0 Å². The molecule has 4 nitrogen and oxygen atoms in total. The van der Waals surface area contributed by atoms with Crippen LogP contribution in [0.1, 0.15) is 25.0 Å². The van der Waals surface area contributed by atoms with Crippen LogP contribution in [0.4, 0.5) is 0 Å². The molecule has 0 spiro atoms. The Morgan fingerprint density at radius 2 is 1.72 bits per heavy atom. The zero-order valence-corrected chi connectivity index (χ0v) is 14.9. The Labute approximate surface area is 147 Å². The summed E-state index contributed by atoms with van der Waals surface area (Å²) in [4.78, 5) is 15.0. The van der Waals surface area contributed by atoms with Gasteiger partial charge in [0.15, 0.2) is 5.43 Å². The average molecular weight is 337 g/mol. The quantitative estimate of drug-likeness (QED) is 0.753. The van der Waals surface area contributed by atoms with Gasteiger partial charge in [-0.05, 0) is 32.1 Å². The predicted octanol–water partition coefficient (Wildman–Crippen LogP) is 4.32. The molecule has 0 amide bonds. The minimum atomic E-state index is -0.0547. The Morgan fingerprint density at radius 1 is 1.04 bits per heavy atom. The molecule has 4 heteroatoms. The number of hydrogen-bond acceptors (Lipinski definition) is 4. The molecule has 1 heterocycles. The lowest BCUT2D eigenvalue weighted by atomic mass is 10.0. The molecule has 0 aliphatic rings. The molecule has 130 valence electrons. The van der Waals surface area contributed by atoms with Gasteiger partial charge in [0.25, 0.3) is 0 Å². The zero-order valence-electron chi connectivity index (χ0n) is 14.9. The minimum absolute atomic E-state index is 0.0547. The van der Waals surface area contributed by atoms with E-state index in [2.05, 4.69) is 18.7 Å². The molecule has 0 aliphatic carbocycles. The summed E-state index contributed by atoms with van der Waals surface area (Å²) in [5, 5.41) is 10.9. The Balaban J connectivity index is 2.29. The third kappa shape index (κ3) is 3.17. The molecule has 0 bridgehead atoms. The zero-order chi connectivity index (χ0) is 18.0. The van der Waals surface area contributed by atoms with E-state index in [0.29, 0.717) is 34.4 Å². The van der Waals surface area contributed by atoms with E-state index < -0.39 is 0 Å². The first-order valence-electron chi connectivity index (χ1n) is 8.62. The van der Waals surface area contributed by atoms with Gasteiger partial charge >= 0.3 is 0 Å². The fraction of sp³-hybridized carbons (Fsp3) is 0.286. The maximum absolute atomic E-state index is 12.9. The van der Waals surface area contributed by atoms with Crippen LogP contribution < -0.4 is 5.43 Å². The molecule has 0 saturated heterocycles. The number of rotatable bonds is 5. The van der Waals surface area contributed by atoms with Crippen molar-refractivity contribution in [3.63, 3.8) is 0 Å². The molecule has 0 aliphatic heterocycles. The second-order valence-corrected chi connectivity index (χ2v) is 6.15. The smallest absolute Gasteiger partial charge is 0.196 e. The topological polar surface area (TPSA) is 53.7 Å². The fourth-order valence-corrected chi connectivity index (χ4v) is 3.09. The fourth-order valence-electron chi connectivity index (χ4n) is 3.09. The maximum Gasteiger partial charge on any atom is 0.196 e. The van der Waals surface area contributed by atoms with Gasteiger partial charge in [-0.2, -0.15) is 0 Å². The lowest BCUT2D eigenvalue weighted by molar-refractivity contribution is 0.290. The first kappa shape index (κ1) is 17.2. The summed E-state index contributed by atoms with van der Waals surface area (Å²) in [6.07, 6.45) is 0. The van der Waals surface area contributed by atoms with Crippen molar-refractivity contribution in [2.24, 2.45) is 0 Å². The first-order chi connectivity index (χ1) is 12.1. The van der Waals surface area contributed by atoms with Gasteiger partial charge in [0.2, 0.25) is 0 Å². The molecule has 0 unspecified atom stereocenters. The van der Waals surface area contributed by atoms with E-state index in [0.717, 1.165) is 18.7 Å². The molecule has 0 atom stereocenters. The summed E-state index contributed by atoms with van der Waals surface area (Å²) in [6, 6.07) is 12.8. The molecule has 2 aromatic carbocycles. The average Bonchev–Trinajstić information content (AvgIpc) is 2.64. The molecule has 1 N–H and O–H groups in total. The van der Waals surface area contributed by atoms with Crippen molar-refractivity contribution >= 4 is 11.0 Å². The monoisotopic (exact) mass is 337 g/mol. The summed E-state index contributed by atoms with van der Waals surface area (Å²) in [5.74, 6) is 0.718. The first-order valence-corrected chi connectivity index (χ1v) is 8.62. The number of aromatic hydroxyl groups is 1. The van der Waals surface area contributed by atoms with E-state index >= 15 is 0 Å². The molecule has 25 heavy (non-hydrogen) atoms. The van der Waals surface area contributed by atoms with Gasteiger partial charge < -0.3 is 9.52 Å². The van der Waals surface area contributed by atoms with Crippen LogP contribution in [0, 0.1) is 6.92 Å². The number of fused-ring (bicyclic) bond motifs is 1. The Kier molecular flexibility index (Phi) is 4.91. The highest BCUT2D eigenvalue weighted by Crippen LogP contribution is 2.31. The van der Waals surface area contributed by atoms with E-state index in [-0.39, 0.29) is 11.2 Å². The van der Waals surface area contributed by atoms with E-state index in [1.54, 1.807) is 19.1 Å². The van der Waals surface area contributed by atoms with Crippen LogP contribution in [0.3, 0.4) is 0 Å². The molecule has 0 fully saturated rings. The molecule has 3 rings (SSSR count). The Bertz CT molecular complexity index is 941. The van der Waals surface area contributed by atoms with Crippen LogP contribution in [0.15, 0.2) is 51.7 Å². The van der Waals surface area contributed by atoms with Gasteiger partial charge in [0.05, 0.1) is 10.9 Å². The van der Waals surface area contributed by atoms with Crippen molar-refractivity contribution < 1.29 is 9.52 Å². The van der Waals surface area contributed by atoms with Crippen molar-refractivity contribution in [3.05, 3.63) is 63.8 Å². The van der Waals surface area contributed by atoms with Gasteiger partial charge in [0.1, 0.15) is 17.1 Å². The van der Waals surface area contributed by atoms with Crippen molar-refractivity contribution in [1.82, 2.24) is 4.90 Å². The molecule has 0 saturated carbocycles. The van der Waals surface area contributed by atoms with E-state index in [9.17, 15) is 9.90 Å². The second kappa shape index (κ2) is 7.11. The molecular weight excluding hydrogens is 314 g/mol. The highest BCUT2D eigenvalue weighted by molar-refractivity contribution is 5.84. The van der Waals surface area contributed by atoms with Gasteiger partial charge in [0, 0.05) is 17.7 Å². The maximum atomic E-state index is 12.9. The molecule has 1 aromatic heterocycles. The Morgan fingerprint density at radius 3 is 2.36 bits per heavy atom. The van der Waals surface area contributed by atoms with Crippen LogP contribution in [0.5, 0.6) is 5.75 Å². The van der Waals surface area contributed by atoms with Crippen molar-refractivity contribution in [2.45, 2.75) is 27.3 Å². The van der Waals surface area contributed by atoms with Crippen LogP contribution in [-0.2, 0) is 6.54 Å². The lowest BCUT2D eigenvalue weighted by Crippen LogP contribution is -2.22. The molecule has 0 radical (unpaired) electrons. The summed E-state index contributed by atoms with van der Waals surface area (Å²) in [7, 11) is 0. The lowest BCUT2D eigenvalue weighted by Gasteiger charge is -2.20. The SMILES string of the molecule is CCN(CC)Cc1c(O)ccc2c(=O)c(C)c(-c3ccccc3)oc12. The number of benzene rings is 2. The largest absolute Gasteiger partial charge is 0.507 e. The van der Waals surface area contributed by atoms with E-state index in [4.69, 9.17) is 4.42 Å². The highest BCUT2D eigenvalue weighted by Gasteiger charge is 2.18. The second-order valence-electron chi connectivity index (χ2n) is 6.15. The van der Waals surface area contributed by atoms with Crippen molar-refractivity contribution in [1.29, 1.82) is 0 Å². The van der Waals surface area contributed by atoms with Gasteiger partial charge in [-0.1, -0.05) is 44.2 Å². The highest BCUT2D eigenvalue weighted by atomic mass is 16.3.